The van der Waals surface area contributed by atoms with Gasteiger partial charge in [-0.15, -0.1) is 10.2 Å². The highest BCUT2D eigenvalue weighted by Crippen LogP contribution is 2.35. The first kappa shape index (κ1) is 14.9. The Morgan fingerprint density at radius 2 is 2.09 bits per heavy atom. The van der Waals surface area contributed by atoms with Crippen LogP contribution in [0.3, 0.4) is 0 Å². The Kier molecular flexibility index (Phi) is 4.33. The molecule has 1 aliphatic rings. The third-order valence-corrected chi connectivity index (χ3v) is 4.09. The van der Waals surface area contributed by atoms with Crippen LogP contribution in [0.2, 0.25) is 0 Å². The normalized spacial score (nSPS) is 16.4. The number of rotatable bonds is 2. The summed E-state index contributed by atoms with van der Waals surface area (Å²) >= 11 is 5.16. The molecule has 1 heterocycles. The van der Waals surface area contributed by atoms with E-state index in [2.05, 4.69) is 20.5 Å². The Labute approximate surface area is 132 Å². The molecular weight excluding hydrogens is 303 g/mol. The molecule has 2 aromatic rings. The van der Waals surface area contributed by atoms with Gasteiger partial charge in [-0.2, -0.15) is 0 Å². The smallest absolute Gasteiger partial charge is 0.218 e. The molecule has 1 saturated carbocycles. The maximum Gasteiger partial charge on any atom is 0.218 e. The van der Waals surface area contributed by atoms with Crippen LogP contribution >= 0.6 is 12.2 Å². The number of halogens is 1. The predicted octanol–water partition coefficient (Wildman–Crippen LogP) is 4.30. The van der Waals surface area contributed by atoms with Crippen LogP contribution in [0.5, 0.6) is 5.88 Å². The maximum atomic E-state index is 13.3. The van der Waals surface area contributed by atoms with Crippen molar-refractivity contribution in [1.82, 2.24) is 10.3 Å². The van der Waals surface area contributed by atoms with Crippen molar-refractivity contribution in [1.29, 1.82) is 0 Å². The summed E-state index contributed by atoms with van der Waals surface area (Å²) in [6.45, 7) is 0. The minimum Gasteiger partial charge on any atom is -0.493 e. The van der Waals surface area contributed by atoms with Gasteiger partial charge >= 0.3 is 0 Å². The van der Waals surface area contributed by atoms with Crippen molar-refractivity contribution in [2.45, 2.75) is 38.1 Å². The molecule has 1 aromatic heterocycles. The van der Waals surface area contributed by atoms with Crippen molar-refractivity contribution in [3.8, 4) is 5.88 Å². The third kappa shape index (κ3) is 3.24. The number of aromatic amines is 1. The summed E-state index contributed by atoms with van der Waals surface area (Å²) in [5.74, 6) is -0.546. The van der Waals surface area contributed by atoms with Crippen molar-refractivity contribution in [3.05, 3.63) is 24.0 Å². The fraction of sp³-hybridized carbons (Fsp3) is 0.400. The molecule has 0 spiro atoms. The molecule has 0 amide bonds. The Hall–Kier alpha value is -2.02. The fourth-order valence-electron chi connectivity index (χ4n) is 2.78. The topological polar surface area (TPSA) is 72.8 Å². The lowest BCUT2D eigenvalue weighted by molar-refractivity contribution is 0.414. The molecular formula is C15H17FN4OS. The number of hydrogen-bond acceptors (Lipinski definition) is 3. The summed E-state index contributed by atoms with van der Waals surface area (Å²) < 4.78 is 13.3. The minimum absolute atomic E-state index is 0.148. The number of hydrogen-bond donors (Lipinski definition) is 3. The maximum absolute atomic E-state index is 13.3. The average molecular weight is 320 g/mol. The van der Waals surface area contributed by atoms with Gasteiger partial charge in [0.05, 0.1) is 5.52 Å². The van der Waals surface area contributed by atoms with Gasteiger partial charge < -0.3 is 15.4 Å². The van der Waals surface area contributed by atoms with E-state index in [1.807, 2.05) is 0 Å². The molecule has 0 unspecified atom stereocenters. The number of fused-ring (bicyclic) bond motifs is 1. The summed E-state index contributed by atoms with van der Waals surface area (Å²) in [4.78, 5) is 2.73. The summed E-state index contributed by atoms with van der Waals surface area (Å²) in [7, 11) is 0. The Balaban J connectivity index is 1.75. The zero-order valence-electron chi connectivity index (χ0n) is 12.0. The van der Waals surface area contributed by atoms with Crippen LogP contribution < -0.4 is 5.32 Å². The number of benzene rings is 1. The second-order valence-electron chi connectivity index (χ2n) is 5.50. The van der Waals surface area contributed by atoms with E-state index in [1.54, 1.807) is 6.07 Å². The zero-order chi connectivity index (χ0) is 15.5. The standard InChI is InChI=1S/C15H17FN4OS/c16-9-6-7-12-11(8-9)13(14(21)18-12)19-20-15(22)17-10-4-2-1-3-5-10/h6-8,10,18,21H,1-5H2,(H,17,22). The van der Waals surface area contributed by atoms with Gasteiger partial charge in [0.15, 0.2) is 5.69 Å². The highest BCUT2D eigenvalue weighted by atomic mass is 32.1. The molecule has 0 aliphatic heterocycles. The first-order valence-corrected chi connectivity index (χ1v) is 7.77. The third-order valence-electron chi connectivity index (χ3n) is 3.89. The van der Waals surface area contributed by atoms with Crippen molar-refractivity contribution in [2.24, 2.45) is 10.2 Å². The molecule has 1 aromatic carbocycles. The van der Waals surface area contributed by atoms with Crippen LogP contribution in [0.25, 0.3) is 10.9 Å². The molecule has 0 radical (unpaired) electrons. The van der Waals surface area contributed by atoms with Gasteiger partial charge in [0.1, 0.15) is 5.82 Å². The van der Waals surface area contributed by atoms with E-state index in [-0.39, 0.29) is 16.7 Å². The predicted molar refractivity (Wildman–Crippen MR) is 87.0 cm³/mol. The van der Waals surface area contributed by atoms with Gasteiger partial charge in [-0.25, -0.2) is 4.39 Å². The van der Waals surface area contributed by atoms with E-state index in [0.29, 0.717) is 16.9 Å². The van der Waals surface area contributed by atoms with Gasteiger partial charge in [-0.05, 0) is 43.3 Å². The van der Waals surface area contributed by atoms with Crippen molar-refractivity contribution < 1.29 is 9.50 Å². The molecule has 0 bridgehead atoms. The lowest BCUT2D eigenvalue weighted by Crippen LogP contribution is -2.33. The number of aromatic hydroxyl groups is 1. The zero-order valence-corrected chi connectivity index (χ0v) is 12.8. The van der Waals surface area contributed by atoms with Crippen LogP contribution in [0.15, 0.2) is 28.4 Å². The summed E-state index contributed by atoms with van der Waals surface area (Å²) in [6, 6.07) is 4.50. The second kappa shape index (κ2) is 6.39. The van der Waals surface area contributed by atoms with Gasteiger partial charge in [0.25, 0.3) is 0 Å². The van der Waals surface area contributed by atoms with Crippen LogP contribution in [-0.4, -0.2) is 21.2 Å². The van der Waals surface area contributed by atoms with E-state index >= 15 is 0 Å². The van der Waals surface area contributed by atoms with Crippen LogP contribution in [-0.2, 0) is 0 Å². The number of azo groups is 1. The molecule has 0 atom stereocenters. The summed E-state index contributed by atoms with van der Waals surface area (Å²) in [5.41, 5.74) is 0.793. The molecule has 3 N–H and O–H groups in total. The van der Waals surface area contributed by atoms with Crippen molar-refractivity contribution in [2.75, 3.05) is 0 Å². The van der Waals surface area contributed by atoms with Gasteiger partial charge in [0.2, 0.25) is 11.0 Å². The first-order chi connectivity index (χ1) is 10.6. The average Bonchev–Trinajstić information content (AvgIpc) is 2.81. The highest BCUT2D eigenvalue weighted by molar-refractivity contribution is 7.80. The fourth-order valence-corrected chi connectivity index (χ4v) is 2.99. The molecule has 1 fully saturated rings. The number of H-pyrrole nitrogens is 1. The molecule has 1 aliphatic carbocycles. The summed E-state index contributed by atoms with van der Waals surface area (Å²) in [5, 5.41) is 21.7. The Morgan fingerprint density at radius 3 is 2.86 bits per heavy atom. The number of aromatic nitrogens is 1. The van der Waals surface area contributed by atoms with E-state index in [1.165, 1.54) is 31.4 Å². The van der Waals surface area contributed by atoms with Crippen LogP contribution in [0.1, 0.15) is 32.1 Å². The Morgan fingerprint density at radius 1 is 1.32 bits per heavy atom. The molecule has 5 nitrogen and oxygen atoms in total. The largest absolute Gasteiger partial charge is 0.493 e. The number of thiocarbonyl (C=S) groups is 1. The van der Waals surface area contributed by atoms with E-state index in [4.69, 9.17) is 12.2 Å². The summed E-state index contributed by atoms with van der Waals surface area (Å²) in [6.07, 6.45) is 5.82. The molecule has 3 rings (SSSR count). The van der Waals surface area contributed by atoms with Crippen LogP contribution in [0.4, 0.5) is 10.1 Å². The van der Waals surface area contributed by atoms with Gasteiger partial charge in [-0.1, -0.05) is 19.3 Å². The second-order valence-corrected chi connectivity index (χ2v) is 5.88. The van der Waals surface area contributed by atoms with E-state index < -0.39 is 5.82 Å². The molecule has 7 heteroatoms. The van der Waals surface area contributed by atoms with Crippen molar-refractivity contribution in [3.63, 3.8) is 0 Å². The Bertz CT molecular complexity index is 722. The van der Waals surface area contributed by atoms with Crippen LogP contribution in [0, 0.1) is 5.82 Å². The van der Waals surface area contributed by atoms with Crippen molar-refractivity contribution >= 4 is 33.9 Å². The SMILES string of the molecule is Oc1[nH]c2ccc(F)cc2c1N=NC(=S)NC1CCCCC1. The molecule has 116 valence electrons. The quantitative estimate of drug-likeness (QED) is 0.570. The van der Waals surface area contributed by atoms with E-state index in [9.17, 15) is 9.50 Å². The molecule has 22 heavy (non-hydrogen) atoms. The number of nitrogens with one attached hydrogen (secondary N) is 2. The lowest BCUT2D eigenvalue weighted by atomic mass is 9.96. The van der Waals surface area contributed by atoms with E-state index in [0.717, 1.165) is 12.8 Å². The van der Waals surface area contributed by atoms with Gasteiger partial charge in [0, 0.05) is 11.4 Å². The highest BCUT2D eigenvalue weighted by Gasteiger charge is 2.14. The van der Waals surface area contributed by atoms with Gasteiger partial charge in [-0.3, -0.25) is 0 Å². The minimum atomic E-state index is -0.397. The molecule has 0 saturated heterocycles. The monoisotopic (exact) mass is 320 g/mol. The first-order valence-electron chi connectivity index (χ1n) is 7.36. The number of nitrogens with zero attached hydrogens (tertiary/aromatic N) is 2. The lowest BCUT2D eigenvalue weighted by Gasteiger charge is -2.22.